The standard InChI is InChI=1S/C18H19ClN4O/c19-14-3-1-2-13(4-5-14)16-12-20-18-7-6-17(22-23(16)18)21-15-8-10-24-11-9-15/h1-3,5-7,12,15H,4,8-11H2,(H,21,22). The van der Waals surface area contributed by atoms with Crippen molar-refractivity contribution in [1.82, 2.24) is 14.6 Å². The molecule has 0 saturated carbocycles. The molecule has 0 bridgehead atoms. The van der Waals surface area contributed by atoms with E-state index in [0.717, 1.165) is 60.2 Å². The minimum absolute atomic E-state index is 0.414. The SMILES string of the molecule is ClC1=CCC(c2cnc3ccc(NC4CCOCC4)nn23)=CC=C1. The van der Waals surface area contributed by atoms with E-state index < -0.39 is 0 Å². The lowest BCUT2D eigenvalue weighted by Gasteiger charge is -2.23. The van der Waals surface area contributed by atoms with Crippen LogP contribution >= 0.6 is 11.6 Å². The summed E-state index contributed by atoms with van der Waals surface area (Å²) in [5, 5.41) is 9.00. The van der Waals surface area contributed by atoms with Gasteiger partial charge >= 0.3 is 0 Å². The number of imidazole rings is 1. The summed E-state index contributed by atoms with van der Waals surface area (Å²) in [4.78, 5) is 4.47. The maximum absolute atomic E-state index is 6.08. The summed E-state index contributed by atoms with van der Waals surface area (Å²) in [6, 6.07) is 4.39. The Balaban J connectivity index is 1.63. The van der Waals surface area contributed by atoms with E-state index in [-0.39, 0.29) is 0 Å². The lowest BCUT2D eigenvalue weighted by atomic mass is 10.1. The molecule has 2 aromatic rings. The number of ether oxygens (including phenoxy) is 1. The predicted octanol–water partition coefficient (Wildman–Crippen LogP) is 3.79. The van der Waals surface area contributed by atoms with Gasteiger partial charge in [0.05, 0.1) is 11.9 Å². The third-order valence-electron chi connectivity index (χ3n) is 4.33. The zero-order valence-corrected chi connectivity index (χ0v) is 14.0. The zero-order valence-electron chi connectivity index (χ0n) is 13.3. The van der Waals surface area contributed by atoms with Crippen LogP contribution in [0.25, 0.3) is 11.2 Å². The van der Waals surface area contributed by atoms with Crippen LogP contribution in [0, 0.1) is 0 Å². The molecule has 1 fully saturated rings. The Morgan fingerprint density at radius 1 is 1.25 bits per heavy atom. The molecule has 1 saturated heterocycles. The van der Waals surface area contributed by atoms with Crippen LogP contribution in [0.2, 0.25) is 0 Å². The number of hydrogen-bond acceptors (Lipinski definition) is 4. The van der Waals surface area contributed by atoms with E-state index in [1.54, 1.807) is 0 Å². The molecule has 0 amide bonds. The van der Waals surface area contributed by atoms with E-state index in [0.29, 0.717) is 6.04 Å². The molecular formula is C18H19ClN4O. The third-order valence-corrected chi connectivity index (χ3v) is 4.61. The number of nitrogens with one attached hydrogen (secondary N) is 1. The number of allylic oxidation sites excluding steroid dienone is 6. The van der Waals surface area contributed by atoms with E-state index in [9.17, 15) is 0 Å². The molecule has 0 radical (unpaired) electrons. The minimum Gasteiger partial charge on any atom is -0.381 e. The third kappa shape index (κ3) is 3.23. The number of hydrogen-bond donors (Lipinski definition) is 1. The van der Waals surface area contributed by atoms with Crippen molar-refractivity contribution in [1.29, 1.82) is 0 Å². The minimum atomic E-state index is 0.414. The average Bonchev–Trinajstić information content (AvgIpc) is 2.90. The smallest absolute Gasteiger partial charge is 0.154 e. The zero-order chi connectivity index (χ0) is 16.4. The number of nitrogens with zero attached hydrogens (tertiary/aromatic N) is 3. The van der Waals surface area contributed by atoms with E-state index in [1.165, 1.54) is 0 Å². The molecule has 0 unspecified atom stereocenters. The highest BCUT2D eigenvalue weighted by Gasteiger charge is 2.15. The first kappa shape index (κ1) is 15.4. The van der Waals surface area contributed by atoms with Gasteiger partial charge in [-0.25, -0.2) is 9.50 Å². The highest BCUT2D eigenvalue weighted by molar-refractivity contribution is 6.31. The van der Waals surface area contributed by atoms with Crippen LogP contribution in [0.5, 0.6) is 0 Å². The molecule has 3 heterocycles. The second-order valence-corrected chi connectivity index (χ2v) is 6.44. The molecule has 4 rings (SSSR count). The molecule has 0 spiro atoms. The van der Waals surface area contributed by atoms with E-state index >= 15 is 0 Å². The van der Waals surface area contributed by atoms with Crippen LogP contribution in [0.1, 0.15) is 25.0 Å². The maximum atomic E-state index is 6.08. The van der Waals surface area contributed by atoms with Crippen molar-refractivity contribution in [3.8, 4) is 0 Å². The fourth-order valence-corrected chi connectivity index (χ4v) is 3.16. The summed E-state index contributed by atoms with van der Waals surface area (Å²) in [6.07, 6.45) is 12.6. The molecule has 1 N–H and O–H groups in total. The number of halogens is 1. The Hall–Kier alpha value is -2.11. The van der Waals surface area contributed by atoms with Crippen molar-refractivity contribution in [2.75, 3.05) is 18.5 Å². The molecule has 24 heavy (non-hydrogen) atoms. The van der Waals surface area contributed by atoms with Gasteiger partial charge in [-0.1, -0.05) is 29.8 Å². The van der Waals surface area contributed by atoms with Gasteiger partial charge < -0.3 is 10.1 Å². The van der Waals surface area contributed by atoms with Crippen molar-refractivity contribution in [2.24, 2.45) is 0 Å². The molecule has 0 aromatic carbocycles. The number of aromatic nitrogens is 3. The van der Waals surface area contributed by atoms with Gasteiger partial charge in [0.25, 0.3) is 0 Å². The van der Waals surface area contributed by atoms with Gasteiger partial charge in [0.2, 0.25) is 0 Å². The fraction of sp³-hybridized carbons (Fsp3) is 0.333. The van der Waals surface area contributed by atoms with Crippen molar-refractivity contribution in [2.45, 2.75) is 25.3 Å². The molecular weight excluding hydrogens is 324 g/mol. The highest BCUT2D eigenvalue weighted by Crippen LogP contribution is 2.24. The quantitative estimate of drug-likeness (QED) is 0.922. The van der Waals surface area contributed by atoms with E-state index in [4.69, 9.17) is 21.4 Å². The molecule has 2 aromatic heterocycles. The van der Waals surface area contributed by atoms with E-state index in [1.807, 2.05) is 41.1 Å². The summed E-state index contributed by atoms with van der Waals surface area (Å²) >= 11 is 6.08. The van der Waals surface area contributed by atoms with Gasteiger partial charge in [0.15, 0.2) is 5.65 Å². The molecule has 5 nitrogen and oxygen atoms in total. The summed E-state index contributed by atoms with van der Waals surface area (Å²) in [5.74, 6) is 0.868. The van der Waals surface area contributed by atoms with Crippen molar-refractivity contribution < 1.29 is 4.74 Å². The Labute approximate surface area is 145 Å². The summed E-state index contributed by atoms with van der Waals surface area (Å²) in [5.41, 5.74) is 2.98. The first-order valence-corrected chi connectivity index (χ1v) is 8.60. The highest BCUT2D eigenvalue weighted by atomic mass is 35.5. The van der Waals surface area contributed by atoms with Gasteiger partial charge in [-0.05, 0) is 43.0 Å². The number of anilines is 1. The van der Waals surface area contributed by atoms with Gasteiger partial charge in [-0.2, -0.15) is 0 Å². The number of fused-ring (bicyclic) bond motifs is 1. The van der Waals surface area contributed by atoms with Gasteiger partial charge in [0.1, 0.15) is 5.82 Å². The van der Waals surface area contributed by atoms with Crippen molar-refractivity contribution in [3.05, 3.63) is 53.4 Å². The molecule has 0 atom stereocenters. The van der Waals surface area contributed by atoms with Crippen molar-refractivity contribution in [3.63, 3.8) is 0 Å². The lowest BCUT2D eigenvalue weighted by molar-refractivity contribution is 0.0903. The monoisotopic (exact) mass is 342 g/mol. The fourth-order valence-electron chi connectivity index (χ4n) is 3.01. The summed E-state index contributed by atoms with van der Waals surface area (Å²) in [6.45, 7) is 1.62. The van der Waals surface area contributed by atoms with Gasteiger partial charge in [0, 0.05) is 24.3 Å². The van der Waals surface area contributed by atoms with E-state index in [2.05, 4.69) is 16.4 Å². The topological polar surface area (TPSA) is 51.5 Å². The second-order valence-electron chi connectivity index (χ2n) is 6.01. The Morgan fingerprint density at radius 3 is 3.00 bits per heavy atom. The maximum Gasteiger partial charge on any atom is 0.154 e. The lowest BCUT2D eigenvalue weighted by Crippen LogP contribution is -2.28. The normalized spacial score (nSPS) is 19.0. The Bertz CT molecular complexity index is 828. The van der Waals surface area contributed by atoms with Crippen LogP contribution < -0.4 is 5.32 Å². The summed E-state index contributed by atoms with van der Waals surface area (Å²) in [7, 11) is 0. The van der Waals surface area contributed by atoms with Crippen LogP contribution in [0.4, 0.5) is 5.82 Å². The van der Waals surface area contributed by atoms with Crippen LogP contribution in [-0.4, -0.2) is 33.9 Å². The Morgan fingerprint density at radius 2 is 2.12 bits per heavy atom. The van der Waals surface area contributed by atoms with Crippen LogP contribution in [-0.2, 0) is 4.74 Å². The van der Waals surface area contributed by atoms with Gasteiger partial charge in [-0.3, -0.25) is 0 Å². The number of rotatable bonds is 3. The second kappa shape index (κ2) is 6.79. The van der Waals surface area contributed by atoms with Crippen LogP contribution in [0.15, 0.2) is 47.7 Å². The largest absolute Gasteiger partial charge is 0.381 e. The Kier molecular flexibility index (Phi) is 4.36. The molecule has 2 aliphatic rings. The van der Waals surface area contributed by atoms with Gasteiger partial charge in [-0.15, -0.1) is 5.10 Å². The predicted molar refractivity (Wildman–Crippen MR) is 96.1 cm³/mol. The first-order valence-electron chi connectivity index (χ1n) is 8.22. The van der Waals surface area contributed by atoms with Crippen molar-refractivity contribution >= 4 is 28.6 Å². The average molecular weight is 343 g/mol. The van der Waals surface area contributed by atoms with Crippen LogP contribution in [0.3, 0.4) is 0 Å². The molecule has 1 aliphatic carbocycles. The molecule has 1 aliphatic heterocycles. The first-order chi connectivity index (χ1) is 11.8. The molecule has 124 valence electrons. The summed E-state index contributed by atoms with van der Waals surface area (Å²) < 4.78 is 7.31. The molecule has 6 heteroatoms.